The summed E-state index contributed by atoms with van der Waals surface area (Å²) < 4.78 is 0. The van der Waals surface area contributed by atoms with E-state index in [4.69, 9.17) is 16.1 Å². The Morgan fingerprint density at radius 3 is 2.21 bits per heavy atom. The van der Waals surface area contributed by atoms with Gasteiger partial charge in [0.1, 0.15) is 6.04 Å². The number of nitrogens with one attached hydrogen (secondary N) is 1. The smallest absolute Gasteiger partial charge is 0.320 e. The van der Waals surface area contributed by atoms with Crippen molar-refractivity contribution in [2.45, 2.75) is 25.3 Å². The van der Waals surface area contributed by atoms with Crippen molar-refractivity contribution < 1.29 is 9.90 Å². The number of nitriles is 1. The molecule has 0 bridgehead atoms. The van der Waals surface area contributed by atoms with E-state index in [1.165, 1.54) is 0 Å². The first kappa shape index (κ1) is 17.5. The molecule has 0 heterocycles. The number of carboxylic acid groups (broad SMARTS) is 1. The van der Waals surface area contributed by atoms with Gasteiger partial charge in [0.15, 0.2) is 0 Å². The van der Waals surface area contributed by atoms with Crippen molar-refractivity contribution >= 4 is 11.7 Å². The van der Waals surface area contributed by atoms with Crippen LogP contribution in [0.4, 0.5) is 5.69 Å². The van der Waals surface area contributed by atoms with Crippen LogP contribution in [0.2, 0.25) is 0 Å². The Kier molecular flexibility index (Phi) is 6.35. The summed E-state index contributed by atoms with van der Waals surface area (Å²) in [6.45, 7) is 0.780. The van der Waals surface area contributed by atoms with Gasteiger partial charge < -0.3 is 16.2 Å². The summed E-state index contributed by atoms with van der Waals surface area (Å²) in [4.78, 5) is 10.6. The van der Waals surface area contributed by atoms with Gasteiger partial charge >= 0.3 is 5.97 Å². The van der Waals surface area contributed by atoms with Gasteiger partial charge in [0.2, 0.25) is 0 Å². The summed E-state index contributed by atoms with van der Waals surface area (Å²) in [6.07, 6.45) is 2.15. The Balaban J connectivity index is 1.79. The molecule has 0 amide bonds. The van der Waals surface area contributed by atoms with Gasteiger partial charge in [0.05, 0.1) is 11.6 Å². The second-order valence-electron chi connectivity index (χ2n) is 5.63. The molecule has 4 N–H and O–H groups in total. The third-order valence-electron chi connectivity index (χ3n) is 3.82. The van der Waals surface area contributed by atoms with Crippen LogP contribution in [-0.4, -0.2) is 23.7 Å². The summed E-state index contributed by atoms with van der Waals surface area (Å²) >= 11 is 0. The van der Waals surface area contributed by atoms with Gasteiger partial charge in [-0.2, -0.15) is 5.26 Å². The van der Waals surface area contributed by atoms with Gasteiger partial charge in [-0.25, -0.2) is 0 Å². The zero-order valence-corrected chi connectivity index (χ0v) is 13.4. The highest BCUT2D eigenvalue weighted by Crippen LogP contribution is 2.21. The number of carbonyl (C=O) groups is 1. The monoisotopic (exact) mass is 323 g/mol. The second-order valence-corrected chi connectivity index (χ2v) is 5.63. The lowest BCUT2D eigenvalue weighted by Crippen LogP contribution is -2.29. The number of unbranched alkanes of at least 4 members (excludes halogenated alkanes) is 1. The fourth-order valence-electron chi connectivity index (χ4n) is 2.36. The van der Waals surface area contributed by atoms with E-state index in [-0.39, 0.29) is 0 Å². The fraction of sp³-hybridized carbons (Fsp3) is 0.263. The van der Waals surface area contributed by atoms with E-state index in [2.05, 4.69) is 11.4 Å². The molecule has 2 aromatic carbocycles. The molecule has 0 radical (unpaired) electrons. The first-order valence-corrected chi connectivity index (χ1v) is 7.93. The van der Waals surface area contributed by atoms with Crippen molar-refractivity contribution in [3.8, 4) is 17.2 Å². The average molecular weight is 323 g/mol. The molecule has 5 nitrogen and oxygen atoms in total. The minimum atomic E-state index is -0.943. The van der Waals surface area contributed by atoms with Gasteiger partial charge in [-0.1, -0.05) is 24.3 Å². The first-order valence-electron chi connectivity index (χ1n) is 7.93. The normalized spacial score (nSPS) is 11.5. The number of hydrogen-bond acceptors (Lipinski definition) is 4. The summed E-state index contributed by atoms with van der Waals surface area (Å²) in [7, 11) is 0. The molecule has 2 rings (SSSR count). The van der Waals surface area contributed by atoms with E-state index in [0.717, 1.165) is 36.2 Å². The maximum absolute atomic E-state index is 10.6. The molecule has 2 aromatic rings. The van der Waals surface area contributed by atoms with Crippen LogP contribution >= 0.6 is 0 Å². The molecular weight excluding hydrogens is 302 g/mol. The van der Waals surface area contributed by atoms with E-state index in [1.54, 1.807) is 0 Å². The molecule has 5 heteroatoms. The Hall–Kier alpha value is -2.84. The van der Waals surface area contributed by atoms with E-state index in [0.29, 0.717) is 12.0 Å². The third-order valence-corrected chi connectivity index (χ3v) is 3.82. The molecule has 0 aliphatic rings. The van der Waals surface area contributed by atoms with E-state index >= 15 is 0 Å². The first-order chi connectivity index (χ1) is 11.6. The molecule has 1 unspecified atom stereocenters. The number of carboxylic acids is 1. The molecule has 124 valence electrons. The maximum Gasteiger partial charge on any atom is 0.320 e. The predicted molar refractivity (Wildman–Crippen MR) is 94.5 cm³/mol. The standard InChI is InChI=1S/C19H21N3O2/c20-13-14-4-6-15(7-5-14)16-8-10-17(11-9-16)22-12-2-1-3-18(21)19(23)24/h4-11,18,22H,1-3,12,21H2,(H,23,24). The van der Waals surface area contributed by atoms with Gasteiger partial charge in [-0.15, -0.1) is 0 Å². The molecule has 0 aromatic heterocycles. The number of hydrogen-bond donors (Lipinski definition) is 3. The highest BCUT2D eigenvalue weighted by atomic mass is 16.4. The molecule has 1 atom stereocenters. The van der Waals surface area contributed by atoms with Gasteiger partial charge in [-0.05, 0) is 54.7 Å². The summed E-state index contributed by atoms with van der Waals surface area (Å²) in [6, 6.07) is 16.9. The van der Waals surface area contributed by atoms with Gasteiger partial charge in [0.25, 0.3) is 0 Å². The van der Waals surface area contributed by atoms with Crippen LogP contribution in [0, 0.1) is 11.3 Å². The Morgan fingerprint density at radius 2 is 1.67 bits per heavy atom. The molecule has 0 fully saturated rings. The Morgan fingerprint density at radius 1 is 1.08 bits per heavy atom. The van der Waals surface area contributed by atoms with Crippen molar-refractivity contribution in [3.63, 3.8) is 0 Å². The molecule has 24 heavy (non-hydrogen) atoms. The highest BCUT2D eigenvalue weighted by Gasteiger charge is 2.09. The maximum atomic E-state index is 10.6. The Labute approximate surface area is 141 Å². The summed E-state index contributed by atoms with van der Waals surface area (Å²) in [5.41, 5.74) is 9.31. The van der Waals surface area contributed by atoms with Crippen molar-refractivity contribution in [1.29, 1.82) is 5.26 Å². The third kappa shape index (κ3) is 5.11. The molecule has 0 saturated heterocycles. The summed E-state index contributed by atoms with van der Waals surface area (Å²) in [5.74, 6) is -0.943. The van der Waals surface area contributed by atoms with Crippen LogP contribution in [-0.2, 0) is 4.79 Å². The van der Waals surface area contributed by atoms with E-state index in [1.807, 2.05) is 48.5 Å². The SMILES string of the molecule is N#Cc1ccc(-c2ccc(NCCCCC(N)C(=O)O)cc2)cc1. The summed E-state index contributed by atoms with van der Waals surface area (Å²) in [5, 5.41) is 20.8. The lowest BCUT2D eigenvalue weighted by molar-refractivity contribution is -0.138. The van der Waals surface area contributed by atoms with Crippen molar-refractivity contribution in [3.05, 3.63) is 54.1 Å². The predicted octanol–water partition coefficient (Wildman–Crippen LogP) is 3.22. The van der Waals surface area contributed by atoms with E-state index in [9.17, 15) is 4.79 Å². The molecule has 0 spiro atoms. The minimum absolute atomic E-state index is 0.495. The van der Waals surface area contributed by atoms with Crippen LogP contribution in [0.1, 0.15) is 24.8 Å². The van der Waals surface area contributed by atoms with Crippen LogP contribution in [0.5, 0.6) is 0 Å². The zero-order chi connectivity index (χ0) is 17.4. The van der Waals surface area contributed by atoms with Crippen LogP contribution in [0.25, 0.3) is 11.1 Å². The quantitative estimate of drug-likeness (QED) is 0.648. The number of benzene rings is 2. The molecule has 0 aliphatic carbocycles. The average Bonchev–Trinajstić information content (AvgIpc) is 2.62. The fourth-order valence-corrected chi connectivity index (χ4v) is 2.36. The molecule has 0 aliphatic heterocycles. The molecular formula is C19H21N3O2. The van der Waals surface area contributed by atoms with E-state index < -0.39 is 12.0 Å². The van der Waals surface area contributed by atoms with Crippen LogP contribution in [0.3, 0.4) is 0 Å². The van der Waals surface area contributed by atoms with Gasteiger partial charge in [0, 0.05) is 12.2 Å². The van der Waals surface area contributed by atoms with Crippen LogP contribution < -0.4 is 11.1 Å². The highest BCUT2D eigenvalue weighted by molar-refractivity contribution is 5.72. The van der Waals surface area contributed by atoms with Gasteiger partial charge in [-0.3, -0.25) is 4.79 Å². The number of anilines is 1. The van der Waals surface area contributed by atoms with Crippen molar-refractivity contribution in [2.75, 3.05) is 11.9 Å². The lowest BCUT2D eigenvalue weighted by Gasteiger charge is -2.09. The lowest BCUT2D eigenvalue weighted by atomic mass is 10.0. The minimum Gasteiger partial charge on any atom is -0.480 e. The largest absolute Gasteiger partial charge is 0.480 e. The van der Waals surface area contributed by atoms with Crippen molar-refractivity contribution in [1.82, 2.24) is 0 Å². The number of aliphatic carboxylic acids is 1. The molecule has 0 saturated carbocycles. The zero-order valence-electron chi connectivity index (χ0n) is 13.4. The van der Waals surface area contributed by atoms with Crippen molar-refractivity contribution in [2.24, 2.45) is 5.73 Å². The Bertz CT molecular complexity index is 703. The van der Waals surface area contributed by atoms with Crippen LogP contribution in [0.15, 0.2) is 48.5 Å². The second kappa shape index (κ2) is 8.70. The topological polar surface area (TPSA) is 99.1 Å². The number of rotatable bonds is 8. The number of nitrogens with two attached hydrogens (primary N) is 1. The number of nitrogens with zero attached hydrogens (tertiary/aromatic N) is 1.